The van der Waals surface area contributed by atoms with Crippen LogP contribution in [0.1, 0.15) is 303 Å². The van der Waals surface area contributed by atoms with Crippen LogP contribution in [0.15, 0.2) is 122 Å². The average molecular weight is 1100 g/mol. The Bertz CT molecular complexity index is 1640. The zero-order chi connectivity index (χ0) is 57.1. The van der Waals surface area contributed by atoms with Gasteiger partial charge in [-0.05, 0) is 128 Å². The fourth-order valence-electron chi connectivity index (χ4n) is 9.04. The fourth-order valence-corrected chi connectivity index (χ4v) is 9.04. The smallest absolute Gasteiger partial charge is 0.306 e. The van der Waals surface area contributed by atoms with Crippen LogP contribution >= 0.6 is 0 Å². The average Bonchev–Trinajstić information content (AvgIpc) is 3.45. The monoisotopic (exact) mass is 1090 g/mol. The summed E-state index contributed by atoms with van der Waals surface area (Å²) in [5, 5.41) is 0. The number of rotatable bonds is 59. The number of carbonyl (C=O) groups excluding carboxylic acids is 3. The molecule has 450 valence electrons. The van der Waals surface area contributed by atoms with Crippen LogP contribution in [0, 0.1) is 0 Å². The highest BCUT2D eigenvalue weighted by molar-refractivity contribution is 5.71. The van der Waals surface area contributed by atoms with Crippen LogP contribution in [0.25, 0.3) is 0 Å². The van der Waals surface area contributed by atoms with Crippen molar-refractivity contribution in [1.82, 2.24) is 0 Å². The Morgan fingerprint density at radius 2 is 0.494 bits per heavy atom. The van der Waals surface area contributed by atoms with Gasteiger partial charge < -0.3 is 14.2 Å². The van der Waals surface area contributed by atoms with E-state index >= 15 is 0 Å². The van der Waals surface area contributed by atoms with E-state index in [9.17, 15) is 14.4 Å². The molecule has 0 bridgehead atoms. The third-order valence-electron chi connectivity index (χ3n) is 13.9. The minimum Gasteiger partial charge on any atom is -0.462 e. The molecule has 0 aliphatic rings. The Labute approximate surface area is 488 Å². The number of hydrogen-bond donors (Lipinski definition) is 0. The van der Waals surface area contributed by atoms with Crippen molar-refractivity contribution in [2.45, 2.75) is 309 Å². The standard InChI is InChI=1S/C73H122O6/c1-4-7-10-13-16-19-22-25-28-31-33-34-35-36-37-38-40-42-45-48-51-54-57-60-63-66-72(75)78-69-70(68-77-71(74)65-62-59-56-53-50-47-44-41-30-27-24-21-18-15-12-9-6-3)79-73(76)67-64-61-58-55-52-49-46-43-39-32-29-26-23-20-17-14-11-8-5-2/h8-9,11-12,17-18,20-21,26-27,29-31,33,39,43-44,47,49,52,70H,4-7,10,13-16,19,22-25,28,32,34-38,40-42,45-46,48,50-51,53-69H2,1-3H3/b11-8-,12-9-,20-17-,21-18-,29-26-,30-27-,33-31-,43-39-,47-44-,52-49-. The minimum absolute atomic E-state index is 0.101. The van der Waals surface area contributed by atoms with E-state index in [1.54, 1.807) is 0 Å². The van der Waals surface area contributed by atoms with Gasteiger partial charge in [0.05, 0.1) is 0 Å². The third kappa shape index (κ3) is 64.5. The Morgan fingerprint density at radius 3 is 0.797 bits per heavy atom. The van der Waals surface area contributed by atoms with Crippen LogP contribution < -0.4 is 0 Å². The molecule has 0 aromatic heterocycles. The molecular weight excluding hydrogens is 973 g/mol. The molecule has 0 aliphatic carbocycles. The summed E-state index contributed by atoms with van der Waals surface area (Å²) >= 11 is 0. The molecule has 0 aromatic carbocycles. The number of unbranched alkanes of at least 4 members (excludes halogenated alkanes) is 28. The van der Waals surface area contributed by atoms with Gasteiger partial charge in [0.15, 0.2) is 6.10 Å². The van der Waals surface area contributed by atoms with Gasteiger partial charge in [-0.3, -0.25) is 14.4 Å². The topological polar surface area (TPSA) is 78.9 Å². The highest BCUT2D eigenvalue weighted by Gasteiger charge is 2.19. The van der Waals surface area contributed by atoms with Crippen molar-refractivity contribution in [2.24, 2.45) is 0 Å². The van der Waals surface area contributed by atoms with Crippen LogP contribution in [0.5, 0.6) is 0 Å². The maximum atomic E-state index is 12.9. The first-order valence-corrected chi connectivity index (χ1v) is 33.0. The Balaban J connectivity index is 4.42. The van der Waals surface area contributed by atoms with Crippen molar-refractivity contribution in [3.8, 4) is 0 Å². The van der Waals surface area contributed by atoms with E-state index in [1.807, 2.05) is 0 Å². The molecule has 0 rings (SSSR count). The van der Waals surface area contributed by atoms with Gasteiger partial charge >= 0.3 is 17.9 Å². The Hall–Kier alpha value is -4.19. The lowest BCUT2D eigenvalue weighted by Gasteiger charge is -2.18. The van der Waals surface area contributed by atoms with E-state index < -0.39 is 6.10 Å². The SMILES string of the molecule is CC/C=C\C/C=C\C/C=C\C/C=C\C/C=C\CCCCCC(=O)OC(COC(=O)CCCCCC/C=C\C/C=C\C/C=C\C/C=C\CC)COC(=O)CCCCCCCCCCCCCCC/C=C\CCCCCCCCCC. The molecule has 0 radical (unpaired) electrons. The maximum absolute atomic E-state index is 12.9. The molecule has 0 N–H and O–H groups in total. The lowest BCUT2D eigenvalue weighted by atomic mass is 10.0. The lowest BCUT2D eigenvalue weighted by Crippen LogP contribution is -2.30. The van der Waals surface area contributed by atoms with Gasteiger partial charge in [-0.2, -0.15) is 0 Å². The summed E-state index contributed by atoms with van der Waals surface area (Å²) < 4.78 is 16.9. The van der Waals surface area contributed by atoms with Gasteiger partial charge in [-0.15, -0.1) is 0 Å². The predicted molar refractivity (Wildman–Crippen MR) is 343 cm³/mol. The molecule has 1 atom stereocenters. The quantitative estimate of drug-likeness (QED) is 0.0261. The number of allylic oxidation sites excluding steroid dienone is 20. The molecule has 1 unspecified atom stereocenters. The van der Waals surface area contributed by atoms with Crippen molar-refractivity contribution >= 4 is 17.9 Å². The Kier molecular flexibility index (Phi) is 62.8. The van der Waals surface area contributed by atoms with Crippen molar-refractivity contribution in [1.29, 1.82) is 0 Å². The molecule has 0 amide bonds. The summed E-state index contributed by atoms with van der Waals surface area (Å²) in [6, 6.07) is 0. The number of hydrogen-bond acceptors (Lipinski definition) is 6. The largest absolute Gasteiger partial charge is 0.462 e. The van der Waals surface area contributed by atoms with Crippen LogP contribution in [0.3, 0.4) is 0 Å². The molecular formula is C73H122O6. The van der Waals surface area contributed by atoms with Crippen LogP contribution in [-0.2, 0) is 28.6 Å². The van der Waals surface area contributed by atoms with Gasteiger partial charge in [0.1, 0.15) is 13.2 Å². The van der Waals surface area contributed by atoms with E-state index in [4.69, 9.17) is 14.2 Å². The molecule has 0 aromatic rings. The summed E-state index contributed by atoms with van der Waals surface area (Å²) in [5.41, 5.74) is 0. The summed E-state index contributed by atoms with van der Waals surface area (Å²) in [7, 11) is 0. The van der Waals surface area contributed by atoms with Gasteiger partial charge in [0, 0.05) is 19.3 Å². The van der Waals surface area contributed by atoms with Crippen LogP contribution in [0.4, 0.5) is 0 Å². The lowest BCUT2D eigenvalue weighted by molar-refractivity contribution is -0.167. The van der Waals surface area contributed by atoms with E-state index in [1.165, 1.54) is 128 Å². The fraction of sp³-hybridized carbons (Fsp3) is 0.685. The first-order chi connectivity index (χ1) is 39.0. The molecule has 0 aliphatic heterocycles. The van der Waals surface area contributed by atoms with Gasteiger partial charge in [-0.25, -0.2) is 0 Å². The van der Waals surface area contributed by atoms with E-state index in [-0.39, 0.29) is 37.5 Å². The van der Waals surface area contributed by atoms with Crippen molar-refractivity contribution in [3.05, 3.63) is 122 Å². The predicted octanol–water partition coefficient (Wildman–Crippen LogP) is 22.8. The second-order valence-corrected chi connectivity index (χ2v) is 21.6. The van der Waals surface area contributed by atoms with Gasteiger partial charge in [-0.1, -0.05) is 277 Å². The molecule has 0 saturated heterocycles. The minimum atomic E-state index is -0.811. The number of carbonyl (C=O) groups is 3. The summed E-state index contributed by atoms with van der Waals surface area (Å²) in [6.07, 6.45) is 92.1. The van der Waals surface area contributed by atoms with E-state index in [0.717, 1.165) is 135 Å². The summed E-state index contributed by atoms with van der Waals surface area (Å²) in [6.45, 7) is 6.39. The van der Waals surface area contributed by atoms with Crippen LogP contribution in [0.2, 0.25) is 0 Å². The van der Waals surface area contributed by atoms with Crippen molar-refractivity contribution < 1.29 is 28.6 Å². The molecule has 79 heavy (non-hydrogen) atoms. The maximum Gasteiger partial charge on any atom is 0.306 e. The molecule has 0 fully saturated rings. The third-order valence-corrected chi connectivity index (χ3v) is 13.9. The molecule has 0 heterocycles. The summed E-state index contributed by atoms with van der Waals surface area (Å²) in [5.74, 6) is -0.952. The highest BCUT2D eigenvalue weighted by atomic mass is 16.6. The molecule has 0 spiro atoms. The molecule has 0 saturated carbocycles. The van der Waals surface area contributed by atoms with E-state index in [2.05, 4.69) is 142 Å². The summed E-state index contributed by atoms with van der Waals surface area (Å²) in [4.78, 5) is 38.4. The second kappa shape index (κ2) is 66.3. The molecule has 6 nitrogen and oxygen atoms in total. The van der Waals surface area contributed by atoms with Crippen LogP contribution in [-0.4, -0.2) is 37.2 Å². The first kappa shape index (κ1) is 74.8. The second-order valence-electron chi connectivity index (χ2n) is 21.6. The first-order valence-electron chi connectivity index (χ1n) is 33.0. The zero-order valence-corrected chi connectivity index (χ0v) is 51.6. The Morgan fingerprint density at radius 1 is 0.266 bits per heavy atom. The highest BCUT2D eigenvalue weighted by Crippen LogP contribution is 2.16. The van der Waals surface area contributed by atoms with Gasteiger partial charge in [0.2, 0.25) is 0 Å². The van der Waals surface area contributed by atoms with Crippen molar-refractivity contribution in [3.63, 3.8) is 0 Å². The number of ether oxygens (including phenoxy) is 3. The van der Waals surface area contributed by atoms with Crippen molar-refractivity contribution in [2.75, 3.05) is 13.2 Å². The molecule has 6 heteroatoms. The van der Waals surface area contributed by atoms with Gasteiger partial charge in [0.25, 0.3) is 0 Å². The van der Waals surface area contributed by atoms with E-state index in [0.29, 0.717) is 12.8 Å². The zero-order valence-electron chi connectivity index (χ0n) is 51.6. The normalized spacial score (nSPS) is 12.9. The number of esters is 3.